The van der Waals surface area contributed by atoms with Gasteiger partial charge in [0, 0.05) is 12.5 Å². The molecular formula is C15H17NO3S. The second-order valence-electron chi connectivity index (χ2n) is 4.30. The standard InChI is InChI=1S/C15H17NO3S/c1-3-14-16-13(10-20-14)9-19-15(17)12-6-4-5-11(7-12)8-18-2/h4-7,10H,3,8-9H2,1-2H3. The van der Waals surface area contributed by atoms with Crippen LogP contribution in [0, 0.1) is 0 Å². The number of methoxy groups -OCH3 is 1. The fraction of sp³-hybridized carbons (Fsp3) is 0.333. The van der Waals surface area contributed by atoms with Crippen LogP contribution in [-0.4, -0.2) is 18.1 Å². The summed E-state index contributed by atoms with van der Waals surface area (Å²) in [5.74, 6) is -0.339. The third-order valence-corrected chi connectivity index (χ3v) is 3.77. The second kappa shape index (κ2) is 7.17. The molecule has 1 aromatic heterocycles. The monoisotopic (exact) mass is 291 g/mol. The lowest BCUT2D eigenvalue weighted by Gasteiger charge is -2.05. The van der Waals surface area contributed by atoms with Crippen molar-refractivity contribution in [1.29, 1.82) is 0 Å². The molecule has 0 aliphatic heterocycles. The van der Waals surface area contributed by atoms with Crippen molar-refractivity contribution in [3.63, 3.8) is 0 Å². The van der Waals surface area contributed by atoms with Gasteiger partial charge in [-0.3, -0.25) is 0 Å². The molecule has 0 saturated heterocycles. The molecule has 20 heavy (non-hydrogen) atoms. The van der Waals surface area contributed by atoms with E-state index in [9.17, 15) is 4.79 Å². The molecule has 2 aromatic rings. The van der Waals surface area contributed by atoms with Gasteiger partial charge in [0.2, 0.25) is 0 Å². The quantitative estimate of drug-likeness (QED) is 0.767. The van der Waals surface area contributed by atoms with Gasteiger partial charge in [-0.15, -0.1) is 11.3 Å². The van der Waals surface area contributed by atoms with Gasteiger partial charge in [-0.25, -0.2) is 9.78 Å². The molecule has 0 fully saturated rings. The minimum absolute atomic E-state index is 0.212. The maximum Gasteiger partial charge on any atom is 0.338 e. The molecule has 0 bridgehead atoms. The average Bonchev–Trinajstić information content (AvgIpc) is 2.93. The second-order valence-corrected chi connectivity index (χ2v) is 5.24. The van der Waals surface area contributed by atoms with E-state index in [-0.39, 0.29) is 12.6 Å². The number of hydrogen-bond donors (Lipinski definition) is 0. The Morgan fingerprint density at radius 3 is 2.90 bits per heavy atom. The van der Waals surface area contributed by atoms with Crippen molar-refractivity contribution in [2.24, 2.45) is 0 Å². The summed E-state index contributed by atoms with van der Waals surface area (Å²) in [6.07, 6.45) is 0.900. The number of aromatic nitrogens is 1. The zero-order valence-corrected chi connectivity index (χ0v) is 12.4. The SMILES string of the molecule is CCc1nc(COC(=O)c2cccc(COC)c2)cs1. The molecule has 1 aromatic carbocycles. The predicted octanol–water partition coefficient (Wildman–Crippen LogP) is 3.21. The maximum absolute atomic E-state index is 12.0. The smallest absolute Gasteiger partial charge is 0.338 e. The van der Waals surface area contributed by atoms with Crippen LogP contribution in [0.2, 0.25) is 0 Å². The third kappa shape index (κ3) is 3.88. The van der Waals surface area contributed by atoms with E-state index in [0.29, 0.717) is 12.2 Å². The van der Waals surface area contributed by atoms with Gasteiger partial charge in [-0.2, -0.15) is 0 Å². The van der Waals surface area contributed by atoms with Crippen molar-refractivity contribution in [2.45, 2.75) is 26.6 Å². The zero-order chi connectivity index (χ0) is 14.4. The van der Waals surface area contributed by atoms with Gasteiger partial charge in [0.15, 0.2) is 0 Å². The van der Waals surface area contributed by atoms with E-state index in [1.807, 2.05) is 17.5 Å². The van der Waals surface area contributed by atoms with E-state index in [0.717, 1.165) is 22.7 Å². The molecule has 0 unspecified atom stereocenters. The van der Waals surface area contributed by atoms with Gasteiger partial charge in [-0.1, -0.05) is 19.1 Å². The molecule has 0 aliphatic carbocycles. The van der Waals surface area contributed by atoms with Crippen molar-refractivity contribution in [3.8, 4) is 0 Å². The van der Waals surface area contributed by atoms with Gasteiger partial charge < -0.3 is 9.47 Å². The summed E-state index contributed by atoms with van der Waals surface area (Å²) in [4.78, 5) is 16.3. The van der Waals surface area contributed by atoms with Crippen LogP contribution in [0.15, 0.2) is 29.6 Å². The molecule has 0 spiro atoms. The van der Waals surface area contributed by atoms with E-state index >= 15 is 0 Å². The number of thiazole rings is 1. The Hall–Kier alpha value is -1.72. The van der Waals surface area contributed by atoms with Crippen molar-refractivity contribution in [2.75, 3.05) is 7.11 Å². The number of aryl methyl sites for hydroxylation is 1. The lowest BCUT2D eigenvalue weighted by atomic mass is 10.1. The molecule has 0 N–H and O–H groups in total. The topological polar surface area (TPSA) is 48.4 Å². The molecule has 5 heteroatoms. The van der Waals surface area contributed by atoms with Gasteiger partial charge in [-0.05, 0) is 24.1 Å². The average molecular weight is 291 g/mol. The number of rotatable bonds is 6. The molecule has 0 saturated carbocycles. The molecular weight excluding hydrogens is 274 g/mol. The molecule has 4 nitrogen and oxygen atoms in total. The summed E-state index contributed by atoms with van der Waals surface area (Å²) in [5.41, 5.74) is 2.28. The first kappa shape index (κ1) is 14.7. The molecule has 0 amide bonds. The Morgan fingerprint density at radius 2 is 2.20 bits per heavy atom. The van der Waals surface area contributed by atoms with Gasteiger partial charge >= 0.3 is 5.97 Å². The number of ether oxygens (including phenoxy) is 2. The van der Waals surface area contributed by atoms with Crippen molar-refractivity contribution in [1.82, 2.24) is 4.98 Å². The van der Waals surface area contributed by atoms with E-state index in [1.165, 1.54) is 0 Å². The predicted molar refractivity (Wildman–Crippen MR) is 77.8 cm³/mol. The van der Waals surface area contributed by atoms with Crippen LogP contribution in [0.5, 0.6) is 0 Å². The molecule has 1 heterocycles. The summed E-state index contributed by atoms with van der Waals surface area (Å²) in [6, 6.07) is 7.25. The number of carbonyl (C=O) groups excluding carboxylic acids is 1. The van der Waals surface area contributed by atoms with Gasteiger partial charge in [0.05, 0.1) is 22.9 Å². The normalized spacial score (nSPS) is 10.5. The first-order valence-corrected chi connectivity index (χ1v) is 7.29. The highest BCUT2D eigenvalue weighted by Crippen LogP contribution is 2.13. The van der Waals surface area contributed by atoms with Crippen molar-refractivity contribution < 1.29 is 14.3 Å². The lowest BCUT2D eigenvalue weighted by Crippen LogP contribution is -2.06. The summed E-state index contributed by atoms with van der Waals surface area (Å²) in [7, 11) is 1.62. The highest BCUT2D eigenvalue weighted by atomic mass is 32.1. The van der Waals surface area contributed by atoms with Crippen LogP contribution >= 0.6 is 11.3 Å². The van der Waals surface area contributed by atoms with Crippen molar-refractivity contribution >= 4 is 17.3 Å². The Morgan fingerprint density at radius 1 is 1.35 bits per heavy atom. The first-order chi connectivity index (χ1) is 9.72. The zero-order valence-electron chi connectivity index (χ0n) is 11.6. The Labute approximate surface area is 122 Å². The molecule has 0 aliphatic rings. The number of hydrogen-bond acceptors (Lipinski definition) is 5. The van der Waals surface area contributed by atoms with Crippen LogP contribution in [0.3, 0.4) is 0 Å². The fourth-order valence-corrected chi connectivity index (χ4v) is 2.48. The Balaban J connectivity index is 1.95. The Bertz CT molecular complexity index is 580. The van der Waals surface area contributed by atoms with E-state index < -0.39 is 0 Å². The number of carbonyl (C=O) groups is 1. The van der Waals surface area contributed by atoms with E-state index in [4.69, 9.17) is 9.47 Å². The highest BCUT2D eigenvalue weighted by Gasteiger charge is 2.09. The third-order valence-electron chi connectivity index (χ3n) is 2.73. The van der Waals surface area contributed by atoms with Gasteiger partial charge in [0.1, 0.15) is 6.61 Å². The largest absolute Gasteiger partial charge is 0.456 e. The van der Waals surface area contributed by atoms with Crippen molar-refractivity contribution in [3.05, 3.63) is 51.5 Å². The molecule has 0 atom stereocenters. The van der Waals surface area contributed by atoms with Crippen LogP contribution in [0.25, 0.3) is 0 Å². The Kier molecular flexibility index (Phi) is 5.26. The number of nitrogens with zero attached hydrogens (tertiary/aromatic N) is 1. The summed E-state index contributed by atoms with van der Waals surface area (Å²) in [5, 5.41) is 2.98. The summed E-state index contributed by atoms with van der Waals surface area (Å²) in [6.45, 7) is 2.74. The molecule has 0 radical (unpaired) electrons. The van der Waals surface area contributed by atoms with Crippen LogP contribution < -0.4 is 0 Å². The van der Waals surface area contributed by atoms with E-state index in [1.54, 1.807) is 30.6 Å². The lowest BCUT2D eigenvalue weighted by molar-refractivity contribution is 0.0468. The highest BCUT2D eigenvalue weighted by molar-refractivity contribution is 7.09. The first-order valence-electron chi connectivity index (χ1n) is 6.41. The maximum atomic E-state index is 12.0. The summed E-state index contributed by atoms with van der Waals surface area (Å²) < 4.78 is 10.3. The minimum atomic E-state index is -0.339. The van der Waals surface area contributed by atoms with Gasteiger partial charge in [0.25, 0.3) is 0 Å². The minimum Gasteiger partial charge on any atom is -0.456 e. The summed E-state index contributed by atoms with van der Waals surface area (Å²) >= 11 is 1.59. The molecule has 2 rings (SSSR count). The number of esters is 1. The van der Waals surface area contributed by atoms with Crippen LogP contribution in [-0.2, 0) is 29.1 Å². The van der Waals surface area contributed by atoms with E-state index in [2.05, 4.69) is 11.9 Å². The molecule has 106 valence electrons. The van der Waals surface area contributed by atoms with Crippen LogP contribution in [0.1, 0.15) is 33.5 Å². The fourth-order valence-electron chi connectivity index (χ4n) is 1.76. The number of benzene rings is 1. The van der Waals surface area contributed by atoms with Crippen LogP contribution in [0.4, 0.5) is 0 Å².